The molecule has 6 nitrogen and oxygen atoms in total. The van der Waals surface area contributed by atoms with Crippen LogP contribution in [0.3, 0.4) is 0 Å². The van der Waals surface area contributed by atoms with Crippen molar-refractivity contribution in [2.45, 2.75) is 32.2 Å². The standard InChI is InChI=1S/C19H16N2O4S/c1-10-2-4-11(5-3-10)13(22)8-21-9-20-17-16(18(21)23)15-12(19(24)25)6-7-14(15)26-17/h2-5,9,12H,6-8H2,1H3,(H,24,25). The Morgan fingerprint density at radius 2 is 2.04 bits per heavy atom. The predicted octanol–water partition coefficient (Wildman–Crippen LogP) is 2.76. The number of aryl methyl sites for hydroxylation is 2. The van der Waals surface area contributed by atoms with Crippen LogP contribution < -0.4 is 5.56 Å². The minimum atomic E-state index is -0.922. The van der Waals surface area contributed by atoms with Gasteiger partial charge in [-0.05, 0) is 25.3 Å². The van der Waals surface area contributed by atoms with Crippen LogP contribution in [0.5, 0.6) is 0 Å². The van der Waals surface area contributed by atoms with Crippen molar-refractivity contribution in [3.8, 4) is 0 Å². The van der Waals surface area contributed by atoms with E-state index < -0.39 is 11.9 Å². The molecule has 1 aliphatic carbocycles. The lowest BCUT2D eigenvalue weighted by atomic mass is 10.0. The molecule has 0 saturated carbocycles. The van der Waals surface area contributed by atoms with E-state index in [2.05, 4.69) is 4.98 Å². The van der Waals surface area contributed by atoms with Gasteiger partial charge in [0.15, 0.2) is 5.78 Å². The molecule has 0 aliphatic heterocycles. The average molecular weight is 368 g/mol. The molecule has 4 rings (SSSR count). The van der Waals surface area contributed by atoms with E-state index in [0.717, 1.165) is 10.4 Å². The number of aromatic nitrogens is 2. The zero-order valence-corrected chi connectivity index (χ0v) is 14.9. The number of rotatable bonds is 4. The number of fused-ring (bicyclic) bond motifs is 3. The van der Waals surface area contributed by atoms with Gasteiger partial charge in [-0.2, -0.15) is 0 Å². The number of Topliss-reactive ketones (excluding diaryl/α,β-unsaturated/α-hetero) is 1. The first-order chi connectivity index (χ1) is 12.5. The Kier molecular flexibility index (Phi) is 3.96. The van der Waals surface area contributed by atoms with E-state index in [1.54, 1.807) is 12.1 Å². The first kappa shape index (κ1) is 16.7. The van der Waals surface area contributed by atoms with E-state index in [9.17, 15) is 19.5 Å². The van der Waals surface area contributed by atoms with Crippen molar-refractivity contribution in [3.05, 3.63) is 62.5 Å². The molecule has 1 aromatic carbocycles. The molecule has 0 fully saturated rings. The van der Waals surface area contributed by atoms with E-state index in [1.165, 1.54) is 22.2 Å². The number of carboxylic acid groups (broad SMARTS) is 1. The summed E-state index contributed by atoms with van der Waals surface area (Å²) in [6.45, 7) is 1.82. The fourth-order valence-corrected chi connectivity index (χ4v) is 4.62. The summed E-state index contributed by atoms with van der Waals surface area (Å²) in [5.41, 5.74) is 1.82. The third-order valence-electron chi connectivity index (χ3n) is 4.79. The molecule has 2 aromatic heterocycles. The number of thiophene rings is 1. The summed E-state index contributed by atoms with van der Waals surface area (Å²) in [4.78, 5) is 42.7. The van der Waals surface area contributed by atoms with E-state index in [0.29, 0.717) is 34.2 Å². The quantitative estimate of drug-likeness (QED) is 0.715. The van der Waals surface area contributed by atoms with Crippen LogP contribution in [0.25, 0.3) is 10.2 Å². The molecule has 0 saturated heterocycles. The number of carboxylic acids is 1. The Labute approximate surface area is 152 Å². The summed E-state index contributed by atoms with van der Waals surface area (Å²) in [6.07, 6.45) is 2.52. The number of hydrogen-bond donors (Lipinski definition) is 1. The molecular formula is C19H16N2O4S. The molecule has 26 heavy (non-hydrogen) atoms. The van der Waals surface area contributed by atoms with Crippen LogP contribution in [0.1, 0.15) is 38.7 Å². The van der Waals surface area contributed by atoms with Crippen LogP contribution in [0, 0.1) is 6.92 Å². The predicted molar refractivity (Wildman–Crippen MR) is 98.1 cm³/mol. The summed E-state index contributed by atoms with van der Waals surface area (Å²) >= 11 is 1.37. The number of carbonyl (C=O) groups is 2. The van der Waals surface area contributed by atoms with Crippen LogP contribution in [-0.4, -0.2) is 26.4 Å². The van der Waals surface area contributed by atoms with Crippen molar-refractivity contribution in [1.82, 2.24) is 9.55 Å². The van der Waals surface area contributed by atoms with E-state index in [1.807, 2.05) is 19.1 Å². The Morgan fingerprint density at radius 3 is 2.73 bits per heavy atom. The van der Waals surface area contributed by atoms with E-state index in [4.69, 9.17) is 0 Å². The van der Waals surface area contributed by atoms with Gasteiger partial charge in [-0.1, -0.05) is 29.8 Å². The Balaban J connectivity index is 1.75. The second-order valence-corrected chi connectivity index (χ2v) is 7.60. The van der Waals surface area contributed by atoms with Gasteiger partial charge in [0, 0.05) is 10.4 Å². The van der Waals surface area contributed by atoms with Crippen LogP contribution in [0.15, 0.2) is 35.4 Å². The Bertz CT molecular complexity index is 1100. The highest BCUT2D eigenvalue weighted by Crippen LogP contribution is 2.41. The summed E-state index contributed by atoms with van der Waals surface area (Å²) in [5.74, 6) is -1.78. The van der Waals surface area contributed by atoms with Gasteiger partial charge in [-0.15, -0.1) is 11.3 Å². The van der Waals surface area contributed by atoms with E-state index >= 15 is 0 Å². The third-order valence-corrected chi connectivity index (χ3v) is 5.96. The first-order valence-electron chi connectivity index (χ1n) is 8.29. The molecule has 1 N–H and O–H groups in total. The smallest absolute Gasteiger partial charge is 0.311 e. The normalized spacial score (nSPS) is 16.0. The maximum atomic E-state index is 12.9. The molecule has 0 bridgehead atoms. The molecule has 1 atom stereocenters. The highest BCUT2D eigenvalue weighted by Gasteiger charge is 2.34. The maximum Gasteiger partial charge on any atom is 0.311 e. The zero-order chi connectivity index (χ0) is 18.4. The molecule has 3 aromatic rings. The molecule has 0 radical (unpaired) electrons. The number of ketones is 1. The molecular weight excluding hydrogens is 352 g/mol. The molecule has 7 heteroatoms. The van der Waals surface area contributed by atoms with E-state index in [-0.39, 0.29) is 17.9 Å². The van der Waals surface area contributed by atoms with Gasteiger partial charge in [-0.3, -0.25) is 19.0 Å². The van der Waals surface area contributed by atoms with Crippen LogP contribution in [0.4, 0.5) is 0 Å². The minimum absolute atomic E-state index is 0.118. The molecule has 1 unspecified atom stereocenters. The number of nitrogens with zero attached hydrogens (tertiary/aromatic N) is 2. The lowest BCUT2D eigenvalue weighted by Gasteiger charge is -2.08. The third kappa shape index (κ3) is 2.64. The van der Waals surface area contributed by atoms with Crippen molar-refractivity contribution < 1.29 is 14.7 Å². The summed E-state index contributed by atoms with van der Waals surface area (Å²) in [7, 11) is 0. The summed E-state index contributed by atoms with van der Waals surface area (Å²) in [6, 6.07) is 7.16. The average Bonchev–Trinajstić information content (AvgIpc) is 3.16. The van der Waals surface area contributed by atoms with Crippen molar-refractivity contribution in [3.63, 3.8) is 0 Å². The van der Waals surface area contributed by atoms with Gasteiger partial charge < -0.3 is 5.11 Å². The highest BCUT2D eigenvalue weighted by molar-refractivity contribution is 7.18. The van der Waals surface area contributed by atoms with Crippen LogP contribution in [-0.2, 0) is 17.8 Å². The molecule has 132 valence electrons. The molecule has 0 amide bonds. The van der Waals surface area contributed by atoms with Crippen molar-refractivity contribution in [2.75, 3.05) is 0 Å². The van der Waals surface area contributed by atoms with Crippen molar-refractivity contribution >= 4 is 33.3 Å². The monoisotopic (exact) mass is 368 g/mol. The van der Waals surface area contributed by atoms with Gasteiger partial charge in [0.1, 0.15) is 4.83 Å². The summed E-state index contributed by atoms with van der Waals surface area (Å²) in [5, 5.41) is 9.79. The van der Waals surface area contributed by atoms with Gasteiger partial charge >= 0.3 is 5.97 Å². The lowest BCUT2D eigenvalue weighted by Crippen LogP contribution is -2.25. The first-order valence-corrected chi connectivity index (χ1v) is 9.10. The molecule has 2 heterocycles. The Hall–Kier alpha value is -2.80. The van der Waals surface area contributed by atoms with Gasteiger partial charge in [0.25, 0.3) is 5.56 Å². The van der Waals surface area contributed by atoms with Gasteiger partial charge in [-0.25, -0.2) is 4.98 Å². The fraction of sp³-hybridized carbons (Fsp3) is 0.263. The van der Waals surface area contributed by atoms with Gasteiger partial charge in [0.2, 0.25) is 0 Å². The van der Waals surface area contributed by atoms with Crippen LogP contribution >= 0.6 is 11.3 Å². The van der Waals surface area contributed by atoms with Crippen molar-refractivity contribution in [1.29, 1.82) is 0 Å². The topological polar surface area (TPSA) is 89.3 Å². The van der Waals surface area contributed by atoms with Crippen molar-refractivity contribution in [2.24, 2.45) is 0 Å². The fourth-order valence-electron chi connectivity index (χ4n) is 3.41. The number of aliphatic carboxylic acids is 1. The number of benzene rings is 1. The largest absolute Gasteiger partial charge is 0.481 e. The SMILES string of the molecule is Cc1ccc(C(=O)Cn2cnc3sc4c(c3c2=O)C(C(=O)O)CC4)cc1. The van der Waals surface area contributed by atoms with Gasteiger partial charge in [0.05, 0.1) is 24.2 Å². The summed E-state index contributed by atoms with van der Waals surface area (Å²) < 4.78 is 1.27. The highest BCUT2D eigenvalue weighted by atomic mass is 32.1. The molecule has 1 aliphatic rings. The second-order valence-electron chi connectivity index (χ2n) is 6.52. The minimum Gasteiger partial charge on any atom is -0.481 e. The van der Waals surface area contributed by atoms with Crippen LogP contribution in [0.2, 0.25) is 0 Å². The maximum absolute atomic E-state index is 12.9. The second kappa shape index (κ2) is 6.17. The number of carbonyl (C=O) groups excluding carboxylic acids is 1. The zero-order valence-electron chi connectivity index (χ0n) is 14.1. The lowest BCUT2D eigenvalue weighted by molar-refractivity contribution is -0.138. The molecule has 0 spiro atoms. The Morgan fingerprint density at radius 1 is 1.31 bits per heavy atom. The number of hydrogen-bond acceptors (Lipinski definition) is 5.